The second kappa shape index (κ2) is 5.53. The molecule has 1 fully saturated rings. The molecule has 1 aromatic rings. The monoisotopic (exact) mass is 275 g/mol. The van der Waals surface area contributed by atoms with Gasteiger partial charge in [0.15, 0.2) is 0 Å². The number of methoxy groups -OCH3 is 1. The first-order valence-electron chi connectivity index (χ1n) is 6.26. The van der Waals surface area contributed by atoms with Gasteiger partial charge in [-0.2, -0.15) is 0 Å². The van der Waals surface area contributed by atoms with E-state index in [9.17, 15) is 8.78 Å². The van der Waals surface area contributed by atoms with Crippen molar-refractivity contribution in [3.8, 4) is 5.75 Å². The summed E-state index contributed by atoms with van der Waals surface area (Å²) in [6, 6.07) is 1.67. The van der Waals surface area contributed by atoms with Crippen molar-refractivity contribution in [2.75, 3.05) is 7.11 Å². The zero-order valence-corrected chi connectivity index (χ0v) is 11.3. The second-order valence-corrected chi connectivity index (χ2v) is 5.96. The van der Waals surface area contributed by atoms with E-state index in [1.165, 1.54) is 11.3 Å². The predicted octanol–water partition coefficient (Wildman–Crippen LogP) is 3.97. The lowest BCUT2D eigenvalue weighted by atomic mass is 9.82. The van der Waals surface area contributed by atoms with Crippen LogP contribution in [-0.4, -0.2) is 13.0 Å². The molecule has 1 aliphatic rings. The van der Waals surface area contributed by atoms with Crippen molar-refractivity contribution in [1.82, 2.24) is 0 Å². The maximum Gasteiger partial charge on any atom is 0.248 e. The number of hydrogen-bond donors (Lipinski definition) is 1. The van der Waals surface area contributed by atoms with Gasteiger partial charge in [0.1, 0.15) is 5.75 Å². The molecular weight excluding hydrogens is 256 g/mol. The standard InChI is InChI=1S/C13H19F2NOS/c1-17-11-4-6-18-12(11)10(16)7-9-3-2-5-13(14,15)8-9/h4,6,9-10H,2-3,5,7-8,16H2,1H3. The lowest BCUT2D eigenvalue weighted by Gasteiger charge is -2.30. The fourth-order valence-corrected chi connectivity index (χ4v) is 3.57. The maximum atomic E-state index is 13.3. The van der Waals surface area contributed by atoms with E-state index in [0.717, 1.165) is 17.0 Å². The highest BCUT2D eigenvalue weighted by Gasteiger charge is 2.36. The third kappa shape index (κ3) is 3.20. The number of nitrogens with two attached hydrogens (primary N) is 1. The van der Waals surface area contributed by atoms with Gasteiger partial charge in [-0.3, -0.25) is 0 Å². The van der Waals surface area contributed by atoms with Crippen molar-refractivity contribution in [2.45, 2.75) is 44.1 Å². The van der Waals surface area contributed by atoms with Crippen molar-refractivity contribution in [3.05, 3.63) is 16.3 Å². The van der Waals surface area contributed by atoms with Crippen LogP contribution < -0.4 is 10.5 Å². The molecule has 0 amide bonds. The van der Waals surface area contributed by atoms with Crippen molar-refractivity contribution in [3.63, 3.8) is 0 Å². The number of ether oxygens (including phenoxy) is 1. The fraction of sp³-hybridized carbons (Fsp3) is 0.692. The number of rotatable bonds is 4. The summed E-state index contributed by atoms with van der Waals surface area (Å²) < 4.78 is 31.9. The van der Waals surface area contributed by atoms with Gasteiger partial charge in [0.2, 0.25) is 5.92 Å². The average Bonchev–Trinajstić information content (AvgIpc) is 2.75. The largest absolute Gasteiger partial charge is 0.496 e. The van der Waals surface area contributed by atoms with Crippen LogP contribution in [0.4, 0.5) is 8.78 Å². The molecule has 1 saturated carbocycles. The van der Waals surface area contributed by atoms with Crippen LogP contribution >= 0.6 is 11.3 Å². The van der Waals surface area contributed by atoms with E-state index in [1.54, 1.807) is 7.11 Å². The zero-order valence-electron chi connectivity index (χ0n) is 10.5. The normalized spacial score (nSPS) is 24.8. The Kier molecular flexibility index (Phi) is 4.22. The van der Waals surface area contributed by atoms with Gasteiger partial charge in [0.05, 0.1) is 12.0 Å². The van der Waals surface area contributed by atoms with Crippen LogP contribution in [0.2, 0.25) is 0 Å². The summed E-state index contributed by atoms with van der Waals surface area (Å²) in [6.07, 6.45) is 2.09. The molecule has 2 atom stereocenters. The highest BCUT2D eigenvalue weighted by Crippen LogP contribution is 2.41. The highest BCUT2D eigenvalue weighted by molar-refractivity contribution is 7.10. The third-order valence-corrected chi connectivity index (χ3v) is 4.57. The Morgan fingerprint density at radius 3 is 3.06 bits per heavy atom. The minimum absolute atomic E-state index is 0.0195. The Morgan fingerprint density at radius 1 is 1.61 bits per heavy atom. The minimum atomic E-state index is -2.50. The van der Waals surface area contributed by atoms with Gasteiger partial charge in [-0.05, 0) is 36.6 Å². The van der Waals surface area contributed by atoms with Crippen LogP contribution in [0.5, 0.6) is 5.75 Å². The molecule has 0 aliphatic heterocycles. The highest BCUT2D eigenvalue weighted by atomic mass is 32.1. The molecule has 1 aliphatic carbocycles. The summed E-state index contributed by atoms with van der Waals surface area (Å²) in [5.74, 6) is -1.70. The second-order valence-electron chi connectivity index (χ2n) is 5.01. The molecule has 1 heterocycles. The quantitative estimate of drug-likeness (QED) is 0.902. The van der Waals surface area contributed by atoms with Crippen molar-refractivity contribution in [2.24, 2.45) is 11.7 Å². The summed E-state index contributed by atoms with van der Waals surface area (Å²) in [5.41, 5.74) is 6.12. The van der Waals surface area contributed by atoms with E-state index < -0.39 is 5.92 Å². The SMILES string of the molecule is COc1ccsc1C(N)CC1CCCC(F)(F)C1. The molecule has 2 N–H and O–H groups in total. The average molecular weight is 275 g/mol. The maximum absolute atomic E-state index is 13.3. The lowest BCUT2D eigenvalue weighted by molar-refractivity contribution is -0.0543. The third-order valence-electron chi connectivity index (χ3n) is 3.54. The minimum Gasteiger partial charge on any atom is -0.496 e. The van der Waals surface area contributed by atoms with Crippen LogP contribution in [0, 0.1) is 5.92 Å². The molecule has 0 radical (unpaired) electrons. The van der Waals surface area contributed by atoms with Gasteiger partial charge in [-0.15, -0.1) is 11.3 Å². The molecule has 102 valence electrons. The molecule has 2 rings (SSSR count). The molecule has 0 spiro atoms. The molecular formula is C13H19F2NOS. The number of hydrogen-bond acceptors (Lipinski definition) is 3. The Morgan fingerprint density at radius 2 is 2.39 bits per heavy atom. The first-order valence-corrected chi connectivity index (χ1v) is 7.14. The Labute approximate surface area is 110 Å². The van der Waals surface area contributed by atoms with Crippen LogP contribution in [-0.2, 0) is 0 Å². The number of alkyl halides is 2. The topological polar surface area (TPSA) is 35.2 Å². The van der Waals surface area contributed by atoms with E-state index >= 15 is 0 Å². The van der Waals surface area contributed by atoms with Gasteiger partial charge < -0.3 is 10.5 Å². The summed E-state index contributed by atoms with van der Waals surface area (Å²) in [5, 5.41) is 1.92. The Balaban J connectivity index is 1.97. The van der Waals surface area contributed by atoms with Crippen LogP contribution in [0.25, 0.3) is 0 Å². The summed E-state index contributed by atoms with van der Waals surface area (Å²) >= 11 is 1.53. The van der Waals surface area contributed by atoms with E-state index in [1.807, 2.05) is 11.4 Å². The molecule has 1 aromatic heterocycles. The van der Waals surface area contributed by atoms with Gasteiger partial charge in [-0.25, -0.2) is 8.78 Å². The van der Waals surface area contributed by atoms with Crippen molar-refractivity contribution in [1.29, 1.82) is 0 Å². The van der Waals surface area contributed by atoms with Crippen molar-refractivity contribution < 1.29 is 13.5 Å². The first kappa shape index (κ1) is 13.7. The Bertz CT molecular complexity index is 394. The van der Waals surface area contributed by atoms with Gasteiger partial charge in [0.25, 0.3) is 0 Å². The van der Waals surface area contributed by atoms with E-state index in [-0.39, 0.29) is 24.8 Å². The molecule has 5 heteroatoms. The van der Waals surface area contributed by atoms with E-state index in [4.69, 9.17) is 10.5 Å². The summed E-state index contributed by atoms with van der Waals surface area (Å²) in [7, 11) is 1.60. The van der Waals surface area contributed by atoms with Gasteiger partial charge in [-0.1, -0.05) is 0 Å². The van der Waals surface area contributed by atoms with Crippen LogP contribution in [0.15, 0.2) is 11.4 Å². The first-order chi connectivity index (χ1) is 8.52. The molecule has 0 saturated heterocycles. The molecule has 0 aromatic carbocycles. The Hall–Kier alpha value is -0.680. The van der Waals surface area contributed by atoms with Crippen LogP contribution in [0.3, 0.4) is 0 Å². The predicted molar refractivity (Wildman–Crippen MR) is 69.3 cm³/mol. The fourth-order valence-electron chi connectivity index (χ4n) is 2.69. The van der Waals surface area contributed by atoms with E-state index in [2.05, 4.69) is 0 Å². The van der Waals surface area contributed by atoms with E-state index in [0.29, 0.717) is 12.8 Å². The molecule has 18 heavy (non-hydrogen) atoms. The number of thiophene rings is 1. The van der Waals surface area contributed by atoms with Gasteiger partial charge >= 0.3 is 0 Å². The zero-order chi connectivity index (χ0) is 13.2. The van der Waals surface area contributed by atoms with Crippen LogP contribution in [0.1, 0.15) is 43.0 Å². The molecule has 2 unspecified atom stereocenters. The molecule has 0 bridgehead atoms. The number of halogens is 2. The summed E-state index contributed by atoms with van der Waals surface area (Å²) in [4.78, 5) is 0.964. The molecule has 2 nitrogen and oxygen atoms in total. The summed E-state index contributed by atoms with van der Waals surface area (Å²) in [6.45, 7) is 0. The lowest BCUT2D eigenvalue weighted by Crippen LogP contribution is -2.28. The van der Waals surface area contributed by atoms with Gasteiger partial charge in [0, 0.05) is 18.9 Å². The smallest absolute Gasteiger partial charge is 0.248 e. The van der Waals surface area contributed by atoms with Crippen molar-refractivity contribution >= 4 is 11.3 Å².